The predicted molar refractivity (Wildman–Crippen MR) is 139 cm³/mol. The van der Waals surface area contributed by atoms with Gasteiger partial charge in [-0.1, -0.05) is 43.7 Å². The maximum Gasteiger partial charge on any atom is 0.446 e. The van der Waals surface area contributed by atoms with Crippen LogP contribution in [-0.2, 0) is 13.2 Å². The van der Waals surface area contributed by atoms with Crippen molar-refractivity contribution in [3.05, 3.63) is 90.1 Å². The molecule has 1 N–H and O–H groups in total. The first-order chi connectivity index (χ1) is 17.8. The number of unbranched alkanes of at least 4 members (excludes halogenated alkanes) is 1. The lowest BCUT2D eigenvalue weighted by atomic mass is 10.2. The third kappa shape index (κ3) is 7.69. The second-order valence-electron chi connectivity index (χ2n) is 8.41. The molecule has 4 aromatic rings. The summed E-state index contributed by atoms with van der Waals surface area (Å²) in [7, 11) is 0. The molecule has 0 radical (unpaired) electrons. The van der Waals surface area contributed by atoms with Crippen LogP contribution in [0.2, 0.25) is 0 Å². The molecule has 1 amide bonds. The van der Waals surface area contributed by atoms with Crippen LogP contribution >= 0.6 is 11.8 Å². The van der Waals surface area contributed by atoms with E-state index in [1.165, 1.54) is 6.07 Å². The number of hydrogen-bond acceptors (Lipinski definition) is 4. The Kier molecular flexibility index (Phi) is 8.66. The standard InChI is InChI=1S/C28H27F3N2O3S/c1-2-3-14-32-27(34)36-24-12-13-26-21(17-24)16-22(19-35-23-9-5-4-6-10-23)33(26)18-20-8-7-11-25(15-20)37-28(29,30)31/h4-13,15-17H,2-3,14,18-19H2,1H3,(H,32,34). The molecule has 0 aliphatic rings. The van der Waals surface area contributed by atoms with E-state index in [9.17, 15) is 18.0 Å². The third-order valence-electron chi connectivity index (χ3n) is 5.57. The number of ether oxygens (including phenoxy) is 2. The van der Waals surface area contributed by atoms with Gasteiger partial charge in [0.15, 0.2) is 0 Å². The number of nitrogens with zero attached hydrogens (tertiary/aromatic N) is 1. The first-order valence-corrected chi connectivity index (χ1v) is 12.7. The molecule has 1 aromatic heterocycles. The normalized spacial score (nSPS) is 11.5. The van der Waals surface area contributed by atoms with Crippen LogP contribution in [0.3, 0.4) is 0 Å². The Bertz CT molecular complexity index is 1340. The van der Waals surface area contributed by atoms with Crippen molar-refractivity contribution in [2.75, 3.05) is 6.54 Å². The van der Waals surface area contributed by atoms with Crippen LogP contribution < -0.4 is 14.8 Å². The fourth-order valence-corrected chi connectivity index (χ4v) is 4.51. The first kappa shape index (κ1) is 26.5. The van der Waals surface area contributed by atoms with Crippen LogP contribution in [0.25, 0.3) is 10.9 Å². The summed E-state index contributed by atoms with van der Waals surface area (Å²) in [6.45, 7) is 3.18. The van der Waals surface area contributed by atoms with E-state index in [0.717, 1.165) is 35.0 Å². The van der Waals surface area contributed by atoms with Gasteiger partial charge in [0.05, 0.1) is 5.69 Å². The van der Waals surface area contributed by atoms with E-state index in [0.29, 0.717) is 24.6 Å². The topological polar surface area (TPSA) is 52.5 Å². The Hall–Kier alpha value is -3.59. The highest BCUT2D eigenvalue weighted by Crippen LogP contribution is 2.37. The van der Waals surface area contributed by atoms with E-state index >= 15 is 0 Å². The van der Waals surface area contributed by atoms with Gasteiger partial charge in [0, 0.05) is 28.9 Å². The molecule has 0 fully saturated rings. The number of aromatic nitrogens is 1. The maximum absolute atomic E-state index is 12.9. The molecule has 0 aliphatic carbocycles. The molecule has 9 heteroatoms. The zero-order valence-corrected chi connectivity index (χ0v) is 21.1. The number of carbonyl (C=O) groups excluding carboxylic acids is 1. The molecule has 194 valence electrons. The van der Waals surface area contributed by atoms with E-state index in [-0.39, 0.29) is 23.3 Å². The Morgan fingerprint density at radius 2 is 1.78 bits per heavy atom. The Morgan fingerprint density at radius 1 is 0.973 bits per heavy atom. The Labute approximate surface area is 217 Å². The number of amides is 1. The van der Waals surface area contributed by atoms with Crippen molar-refractivity contribution in [1.82, 2.24) is 9.88 Å². The minimum Gasteiger partial charge on any atom is -0.487 e. The maximum atomic E-state index is 12.9. The summed E-state index contributed by atoms with van der Waals surface area (Å²) in [6, 6.07) is 23.0. The molecule has 3 aromatic carbocycles. The highest BCUT2D eigenvalue weighted by Gasteiger charge is 2.29. The summed E-state index contributed by atoms with van der Waals surface area (Å²) in [5.74, 6) is 1.11. The van der Waals surface area contributed by atoms with Gasteiger partial charge in [-0.15, -0.1) is 0 Å². The SMILES string of the molecule is CCCCNC(=O)Oc1ccc2c(c1)cc(COc1ccccc1)n2Cc1cccc(SC(F)(F)F)c1. The van der Waals surface area contributed by atoms with Gasteiger partial charge in [0.25, 0.3) is 0 Å². The smallest absolute Gasteiger partial charge is 0.446 e. The van der Waals surface area contributed by atoms with Crippen molar-refractivity contribution in [3.63, 3.8) is 0 Å². The molecule has 4 rings (SSSR count). The molecule has 0 unspecified atom stereocenters. The van der Waals surface area contributed by atoms with Gasteiger partial charge in [-0.25, -0.2) is 4.79 Å². The van der Waals surface area contributed by atoms with E-state index in [1.54, 1.807) is 30.3 Å². The third-order valence-corrected chi connectivity index (χ3v) is 6.29. The van der Waals surface area contributed by atoms with Gasteiger partial charge in [0.1, 0.15) is 18.1 Å². The molecular formula is C28H27F3N2O3S. The number of carbonyl (C=O) groups is 1. The number of benzene rings is 3. The molecule has 0 spiro atoms. The van der Waals surface area contributed by atoms with Gasteiger partial charge in [-0.3, -0.25) is 0 Å². The van der Waals surface area contributed by atoms with Crippen molar-refractivity contribution >= 4 is 28.8 Å². The lowest BCUT2D eigenvalue weighted by molar-refractivity contribution is -0.0328. The summed E-state index contributed by atoms with van der Waals surface area (Å²) >= 11 is -0.131. The number of halogens is 3. The van der Waals surface area contributed by atoms with Crippen molar-refractivity contribution in [3.8, 4) is 11.5 Å². The fraction of sp³-hybridized carbons (Fsp3) is 0.250. The minimum absolute atomic E-state index is 0.131. The number of para-hydroxylation sites is 1. The number of alkyl halides is 3. The average molecular weight is 529 g/mol. The average Bonchev–Trinajstić information content (AvgIpc) is 3.19. The summed E-state index contributed by atoms with van der Waals surface area (Å²) in [6.07, 6.45) is 1.31. The number of fused-ring (bicyclic) bond motifs is 1. The second-order valence-corrected chi connectivity index (χ2v) is 9.55. The molecule has 5 nitrogen and oxygen atoms in total. The number of thioether (sulfide) groups is 1. The summed E-state index contributed by atoms with van der Waals surface area (Å²) < 4.78 is 52.1. The van der Waals surface area contributed by atoms with E-state index in [2.05, 4.69) is 5.32 Å². The molecule has 0 bridgehead atoms. The molecule has 1 heterocycles. The lowest BCUT2D eigenvalue weighted by Crippen LogP contribution is -2.27. The Morgan fingerprint density at radius 3 is 2.54 bits per heavy atom. The molecule has 0 aliphatic heterocycles. The number of nitrogens with one attached hydrogen (secondary N) is 1. The van der Waals surface area contributed by atoms with Crippen LogP contribution in [0.15, 0.2) is 83.8 Å². The molecule has 37 heavy (non-hydrogen) atoms. The summed E-state index contributed by atoms with van der Waals surface area (Å²) in [4.78, 5) is 12.2. The highest BCUT2D eigenvalue weighted by atomic mass is 32.2. The van der Waals surface area contributed by atoms with Crippen molar-refractivity contribution in [2.24, 2.45) is 0 Å². The van der Waals surface area contributed by atoms with Crippen LogP contribution in [0.5, 0.6) is 11.5 Å². The lowest BCUT2D eigenvalue weighted by Gasteiger charge is -2.14. The largest absolute Gasteiger partial charge is 0.487 e. The number of hydrogen-bond donors (Lipinski definition) is 1. The van der Waals surface area contributed by atoms with E-state index in [1.807, 2.05) is 54.0 Å². The van der Waals surface area contributed by atoms with Gasteiger partial charge in [-0.2, -0.15) is 13.2 Å². The Balaban J connectivity index is 1.61. The number of rotatable bonds is 10. The van der Waals surface area contributed by atoms with Gasteiger partial charge in [-0.05, 0) is 72.3 Å². The first-order valence-electron chi connectivity index (χ1n) is 11.9. The zero-order valence-electron chi connectivity index (χ0n) is 20.3. The second kappa shape index (κ2) is 12.1. The van der Waals surface area contributed by atoms with Crippen molar-refractivity contribution in [1.29, 1.82) is 0 Å². The van der Waals surface area contributed by atoms with Gasteiger partial charge >= 0.3 is 11.6 Å². The quantitative estimate of drug-likeness (QED) is 0.169. The molecule has 0 atom stereocenters. The molecule has 0 saturated heterocycles. The minimum atomic E-state index is -4.35. The van der Waals surface area contributed by atoms with Gasteiger partial charge in [0.2, 0.25) is 0 Å². The highest BCUT2D eigenvalue weighted by molar-refractivity contribution is 8.00. The van der Waals surface area contributed by atoms with Gasteiger partial charge < -0.3 is 19.4 Å². The molecular weight excluding hydrogens is 501 g/mol. The van der Waals surface area contributed by atoms with E-state index in [4.69, 9.17) is 9.47 Å². The fourth-order valence-electron chi connectivity index (χ4n) is 3.88. The molecule has 0 saturated carbocycles. The summed E-state index contributed by atoms with van der Waals surface area (Å²) in [5.41, 5.74) is -1.95. The van der Waals surface area contributed by atoms with Crippen molar-refractivity contribution < 1.29 is 27.4 Å². The summed E-state index contributed by atoms with van der Waals surface area (Å²) in [5, 5.41) is 3.55. The van der Waals surface area contributed by atoms with Crippen LogP contribution in [0.4, 0.5) is 18.0 Å². The van der Waals surface area contributed by atoms with Crippen LogP contribution in [-0.4, -0.2) is 22.7 Å². The monoisotopic (exact) mass is 528 g/mol. The van der Waals surface area contributed by atoms with Crippen LogP contribution in [0.1, 0.15) is 31.0 Å². The van der Waals surface area contributed by atoms with E-state index < -0.39 is 11.6 Å². The van der Waals surface area contributed by atoms with Crippen molar-refractivity contribution in [2.45, 2.75) is 43.3 Å². The van der Waals surface area contributed by atoms with Crippen LogP contribution in [0, 0.1) is 0 Å². The zero-order chi connectivity index (χ0) is 26.3. The predicted octanol–water partition coefficient (Wildman–Crippen LogP) is 7.77.